The van der Waals surface area contributed by atoms with E-state index in [0.29, 0.717) is 0 Å². The molecule has 1 aliphatic carbocycles. The van der Waals surface area contributed by atoms with Crippen molar-refractivity contribution in [3.63, 3.8) is 0 Å². The highest BCUT2D eigenvalue weighted by molar-refractivity contribution is 4.91. The summed E-state index contributed by atoms with van der Waals surface area (Å²) in [7, 11) is 0. The number of rotatable bonds is 3. The van der Waals surface area contributed by atoms with E-state index in [9.17, 15) is 0 Å². The summed E-state index contributed by atoms with van der Waals surface area (Å²) in [4.78, 5) is 2.71. The molecule has 76 valence electrons. The standard InChI is InChI=1S/C11H22N2/c1-2-12-10-6-5-7-11(10)13-8-3-4-9-13/h10-12H,2-9H2,1H3. The molecule has 2 nitrogen and oxygen atoms in total. The van der Waals surface area contributed by atoms with Gasteiger partial charge in [0.1, 0.15) is 0 Å². The predicted molar refractivity (Wildman–Crippen MR) is 55.9 cm³/mol. The Morgan fingerprint density at radius 2 is 1.92 bits per heavy atom. The SMILES string of the molecule is CCNC1CCCC1N1CCCC1. The van der Waals surface area contributed by atoms with Crippen LogP contribution in [0.25, 0.3) is 0 Å². The summed E-state index contributed by atoms with van der Waals surface area (Å²) in [6.45, 7) is 6.06. The minimum atomic E-state index is 0.795. The van der Waals surface area contributed by atoms with E-state index in [-0.39, 0.29) is 0 Å². The topological polar surface area (TPSA) is 15.3 Å². The van der Waals surface area contributed by atoms with Crippen molar-refractivity contribution in [1.29, 1.82) is 0 Å². The Hall–Kier alpha value is -0.0800. The van der Waals surface area contributed by atoms with Gasteiger partial charge in [0, 0.05) is 12.1 Å². The van der Waals surface area contributed by atoms with Crippen LogP contribution in [0.1, 0.15) is 39.0 Å². The van der Waals surface area contributed by atoms with Crippen LogP contribution in [0, 0.1) is 0 Å². The third-order valence-corrected chi connectivity index (χ3v) is 3.56. The van der Waals surface area contributed by atoms with E-state index in [2.05, 4.69) is 17.1 Å². The lowest BCUT2D eigenvalue weighted by Gasteiger charge is -2.29. The second-order valence-electron chi connectivity index (χ2n) is 4.41. The van der Waals surface area contributed by atoms with Gasteiger partial charge in [0.05, 0.1) is 0 Å². The molecule has 0 spiro atoms. The monoisotopic (exact) mass is 182 g/mol. The van der Waals surface area contributed by atoms with Crippen LogP contribution in [-0.4, -0.2) is 36.6 Å². The number of likely N-dealkylation sites (N-methyl/N-ethyl adjacent to an activating group) is 1. The molecule has 0 aromatic rings. The Bertz CT molecular complexity index is 152. The van der Waals surface area contributed by atoms with Gasteiger partial charge in [0.15, 0.2) is 0 Å². The molecule has 1 N–H and O–H groups in total. The quantitative estimate of drug-likeness (QED) is 0.713. The van der Waals surface area contributed by atoms with E-state index in [1.807, 2.05) is 0 Å². The van der Waals surface area contributed by atoms with E-state index in [0.717, 1.165) is 18.6 Å². The second-order valence-corrected chi connectivity index (χ2v) is 4.41. The summed E-state index contributed by atoms with van der Waals surface area (Å²) < 4.78 is 0. The van der Waals surface area contributed by atoms with E-state index in [1.54, 1.807) is 0 Å². The van der Waals surface area contributed by atoms with Gasteiger partial charge in [-0.25, -0.2) is 0 Å². The third kappa shape index (κ3) is 2.05. The Morgan fingerprint density at radius 3 is 2.62 bits per heavy atom. The first-order valence-corrected chi connectivity index (χ1v) is 5.89. The predicted octanol–water partition coefficient (Wildman–Crippen LogP) is 1.61. The summed E-state index contributed by atoms with van der Waals surface area (Å²) in [6, 6.07) is 1.66. The molecule has 1 aliphatic heterocycles. The van der Waals surface area contributed by atoms with Gasteiger partial charge < -0.3 is 5.32 Å². The normalized spacial score (nSPS) is 35.8. The molecule has 1 saturated heterocycles. The molecule has 2 heteroatoms. The Labute approximate surface area is 81.7 Å². The van der Waals surface area contributed by atoms with Gasteiger partial charge >= 0.3 is 0 Å². The zero-order valence-electron chi connectivity index (χ0n) is 8.76. The molecule has 2 atom stereocenters. The van der Waals surface area contributed by atoms with Crippen LogP contribution >= 0.6 is 0 Å². The fourth-order valence-electron chi connectivity index (χ4n) is 2.95. The zero-order valence-corrected chi connectivity index (χ0v) is 8.76. The van der Waals surface area contributed by atoms with Gasteiger partial charge in [-0.3, -0.25) is 4.90 Å². The first-order valence-electron chi connectivity index (χ1n) is 5.89. The van der Waals surface area contributed by atoms with Crippen LogP contribution in [-0.2, 0) is 0 Å². The maximum absolute atomic E-state index is 3.63. The maximum Gasteiger partial charge on any atom is 0.0249 e. The number of hydrogen-bond donors (Lipinski definition) is 1. The van der Waals surface area contributed by atoms with Crippen LogP contribution in [0.4, 0.5) is 0 Å². The number of likely N-dealkylation sites (tertiary alicyclic amines) is 1. The van der Waals surface area contributed by atoms with Crippen molar-refractivity contribution >= 4 is 0 Å². The van der Waals surface area contributed by atoms with Crippen LogP contribution in [0.15, 0.2) is 0 Å². The lowest BCUT2D eigenvalue weighted by molar-refractivity contribution is 0.212. The van der Waals surface area contributed by atoms with Gasteiger partial charge in [-0.05, 0) is 45.3 Å². The molecular weight excluding hydrogens is 160 g/mol. The van der Waals surface area contributed by atoms with Crippen molar-refractivity contribution < 1.29 is 0 Å². The van der Waals surface area contributed by atoms with E-state index in [1.165, 1.54) is 45.2 Å². The molecule has 0 amide bonds. The highest BCUT2D eigenvalue weighted by Crippen LogP contribution is 2.26. The summed E-state index contributed by atoms with van der Waals surface area (Å²) in [5.41, 5.74) is 0. The molecule has 2 unspecified atom stereocenters. The lowest BCUT2D eigenvalue weighted by Crippen LogP contribution is -2.45. The van der Waals surface area contributed by atoms with Crippen molar-refractivity contribution in [1.82, 2.24) is 10.2 Å². The van der Waals surface area contributed by atoms with Crippen LogP contribution in [0.3, 0.4) is 0 Å². The third-order valence-electron chi connectivity index (χ3n) is 3.56. The van der Waals surface area contributed by atoms with Gasteiger partial charge in [0.25, 0.3) is 0 Å². The number of hydrogen-bond acceptors (Lipinski definition) is 2. The molecule has 0 aromatic carbocycles. The van der Waals surface area contributed by atoms with Crippen molar-refractivity contribution in [2.45, 2.75) is 51.1 Å². The summed E-state index contributed by atoms with van der Waals surface area (Å²) in [5.74, 6) is 0. The Balaban J connectivity index is 1.88. The van der Waals surface area contributed by atoms with Gasteiger partial charge in [0.2, 0.25) is 0 Å². The Kier molecular flexibility index (Phi) is 3.23. The van der Waals surface area contributed by atoms with Crippen LogP contribution in [0.5, 0.6) is 0 Å². The van der Waals surface area contributed by atoms with Crippen LogP contribution < -0.4 is 5.32 Å². The zero-order chi connectivity index (χ0) is 9.10. The van der Waals surface area contributed by atoms with Crippen LogP contribution in [0.2, 0.25) is 0 Å². The second kappa shape index (κ2) is 4.43. The van der Waals surface area contributed by atoms with Crippen molar-refractivity contribution in [2.24, 2.45) is 0 Å². The molecule has 0 bridgehead atoms. The van der Waals surface area contributed by atoms with Crippen molar-refractivity contribution in [3.05, 3.63) is 0 Å². The first kappa shape index (κ1) is 9.47. The maximum atomic E-state index is 3.63. The summed E-state index contributed by atoms with van der Waals surface area (Å²) >= 11 is 0. The minimum absolute atomic E-state index is 0.795. The molecular formula is C11H22N2. The molecule has 0 aromatic heterocycles. The van der Waals surface area contributed by atoms with E-state index >= 15 is 0 Å². The molecule has 1 saturated carbocycles. The number of nitrogens with one attached hydrogen (secondary N) is 1. The largest absolute Gasteiger partial charge is 0.313 e. The molecule has 2 aliphatic rings. The highest BCUT2D eigenvalue weighted by Gasteiger charge is 2.32. The molecule has 2 rings (SSSR count). The lowest BCUT2D eigenvalue weighted by atomic mass is 10.1. The van der Waals surface area contributed by atoms with Gasteiger partial charge in [-0.1, -0.05) is 13.3 Å². The minimum Gasteiger partial charge on any atom is -0.313 e. The fourth-order valence-corrected chi connectivity index (χ4v) is 2.95. The van der Waals surface area contributed by atoms with Gasteiger partial charge in [-0.2, -0.15) is 0 Å². The molecule has 2 fully saturated rings. The average molecular weight is 182 g/mol. The average Bonchev–Trinajstić information content (AvgIpc) is 2.71. The highest BCUT2D eigenvalue weighted by atomic mass is 15.2. The first-order chi connectivity index (χ1) is 6.42. The molecule has 1 heterocycles. The molecule has 13 heavy (non-hydrogen) atoms. The van der Waals surface area contributed by atoms with Crippen molar-refractivity contribution in [3.8, 4) is 0 Å². The van der Waals surface area contributed by atoms with E-state index < -0.39 is 0 Å². The number of nitrogens with zero attached hydrogens (tertiary/aromatic N) is 1. The summed E-state index contributed by atoms with van der Waals surface area (Å²) in [5, 5.41) is 3.63. The summed E-state index contributed by atoms with van der Waals surface area (Å²) in [6.07, 6.45) is 7.11. The fraction of sp³-hybridized carbons (Fsp3) is 1.00. The van der Waals surface area contributed by atoms with Gasteiger partial charge in [-0.15, -0.1) is 0 Å². The van der Waals surface area contributed by atoms with Crippen molar-refractivity contribution in [2.75, 3.05) is 19.6 Å². The van der Waals surface area contributed by atoms with E-state index in [4.69, 9.17) is 0 Å². The smallest absolute Gasteiger partial charge is 0.0249 e. The molecule has 0 radical (unpaired) electrons. The Morgan fingerprint density at radius 1 is 1.15 bits per heavy atom.